The van der Waals surface area contributed by atoms with Crippen LogP contribution in [0.2, 0.25) is 0 Å². The summed E-state index contributed by atoms with van der Waals surface area (Å²) in [6.07, 6.45) is -7.27. The van der Waals surface area contributed by atoms with E-state index >= 15 is 0 Å². The highest BCUT2D eigenvalue weighted by Gasteiger charge is 2.41. The molecular weight excluding hydrogens is 722 g/mol. The van der Waals surface area contributed by atoms with Crippen LogP contribution in [-0.2, 0) is 28.8 Å². The lowest BCUT2D eigenvalue weighted by Crippen LogP contribution is -2.58. The average molecular weight is 767 g/mol. The number of ether oxygens (including phenoxy) is 1. The highest BCUT2D eigenvalue weighted by molar-refractivity contribution is 7.89. The van der Waals surface area contributed by atoms with Gasteiger partial charge in [0.15, 0.2) is 0 Å². The van der Waals surface area contributed by atoms with Gasteiger partial charge in [-0.15, -0.1) is 0 Å². The first-order valence-electron chi connectivity index (χ1n) is 17.8. The van der Waals surface area contributed by atoms with Gasteiger partial charge in [-0.25, -0.2) is 8.42 Å². The summed E-state index contributed by atoms with van der Waals surface area (Å²) in [7, 11) is -2.27. The van der Waals surface area contributed by atoms with Crippen LogP contribution in [0.15, 0.2) is 71.6 Å². The molecule has 3 aliphatic rings. The summed E-state index contributed by atoms with van der Waals surface area (Å²) in [5.74, 6) is -0.527. The van der Waals surface area contributed by atoms with Crippen molar-refractivity contribution in [2.75, 3.05) is 52.9 Å². The van der Waals surface area contributed by atoms with Crippen LogP contribution in [0.1, 0.15) is 58.3 Å². The maximum Gasteiger partial charge on any atom is 0.416 e. The molecule has 3 aromatic carbocycles. The molecule has 0 N–H and O–H groups in total. The van der Waals surface area contributed by atoms with Gasteiger partial charge >= 0.3 is 12.4 Å². The van der Waals surface area contributed by atoms with E-state index in [0.29, 0.717) is 63.1 Å². The second kappa shape index (κ2) is 15.6. The molecule has 3 fully saturated rings. The van der Waals surface area contributed by atoms with Crippen molar-refractivity contribution in [3.05, 3.63) is 94.5 Å². The van der Waals surface area contributed by atoms with Gasteiger partial charge < -0.3 is 9.64 Å². The number of aryl methyl sites for hydroxylation is 1. The number of carbonyl (C=O) groups excluding carboxylic acids is 1. The molecule has 0 radical (unpaired) electrons. The van der Waals surface area contributed by atoms with Gasteiger partial charge in [-0.2, -0.15) is 30.6 Å². The Kier molecular flexibility index (Phi) is 11.5. The molecular formula is C38H44F6N4O4S. The van der Waals surface area contributed by atoms with E-state index in [9.17, 15) is 39.6 Å². The summed E-state index contributed by atoms with van der Waals surface area (Å²) in [6, 6.07) is 15.4. The van der Waals surface area contributed by atoms with Crippen LogP contribution >= 0.6 is 0 Å². The van der Waals surface area contributed by atoms with Gasteiger partial charge in [0.2, 0.25) is 10.0 Å². The average Bonchev–Trinajstić information content (AvgIpc) is 3.14. The van der Waals surface area contributed by atoms with Gasteiger partial charge in [0.25, 0.3) is 5.91 Å². The standard InChI is InChI=1S/C38H44F6N4O4S/c1-26-8-9-34(52-2)35(20-26)53(50,51)47-13-10-31(11-14-47)45-16-18-46(19-17-45)32-12-15-48(33(25-32)21-27-6-4-3-5-7-27)36(49)28-22-29(37(39,40)41)24-30(23-28)38(42,43)44/h3-9,20,22-24,31-33H,10-19,21,25H2,1-2H3. The molecule has 288 valence electrons. The molecule has 0 saturated carbocycles. The predicted molar refractivity (Wildman–Crippen MR) is 187 cm³/mol. The van der Waals surface area contributed by atoms with Gasteiger partial charge in [0, 0.05) is 69.5 Å². The van der Waals surface area contributed by atoms with Crippen molar-refractivity contribution in [1.29, 1.82) is 0 Å². The van der Waals surface area contributed by atoms with E-state index in [0.717, 1.165) is 37.3 Å². The van der Waals surface area contributed by atoms with Gasteiger partial charge in [-0.1, -0.05) is 36.4 Å². The predicted octanol–water partition coefficient (Wildman–Crippen LogP) is 6.73. The Bertz CT molecular complexity index is 1830. The lowest BCUT2D eigenvalue weighted by Gasteiger charge is -2.48. The minimum atomic E-state index is -5.06. The Labute approximate surface area is 306 Å². The van der Waals surface area contributed by atoms with Crippen molar-refractivity contribution < 1.29 is 44.3 Å². The number of sulfonamides is 1. The van der Waals surface area contributed by atoms with E-state index in [1.165, 1.54) is 16.3 Å². The molecule has 3 aromatic rings. The molecule has 2 unspecified atom stereocenters. The lowest BCUT2D eigenvalue weighted by atomic mass is 9.90. The lowest BCUT2D eigenvalue weighted by molar-refractivity contribution is -0.143. The molecule has 0 aromatic heterocycles. The van der Waals surface area contributed by atoms with E-state index in [1.807, 2.05) is 43.3 Å². The monoisotopic (exact) mass is 766 g/mol. The maximum absolute atomic E-state index is 13.8. The number of hydrogen-bond acceptors (Lipinski definition) is 6. The summed E-state index contributed by atoms with van der Waals surface area (Å²) in [5, 5.41) is 0. The minimum Gasteiger partial charge on any atom is -0.495 e. The van der Waals surface area contributed by atoms with Gasteiger partial charge in [-0.05, 0) is 80.5 Å². The molecule has 53 heavy (non-hydrogen) atoms. The zero-order valence-electron chi connectivity index (χ0n) is 29.7. The molecule has 0 aliphatic carbocycles. The number of benzene rings is 3. The van der Waals surface area contributed by atoms with Crippen LogP contribution in [0.3, 0.4) is 0 Å². The number of piperidine rings is 2. The SMILES string of the molecule is COc1ccc(C)cc1S(=O)(=O)N1CCC(N2CCN(C3CCN(C(=O)c4cc(C(F)(F)F)cc(C(F)(F)F)c4)C(Cc4ccccc4)C3)CC2)CC1. The third-order valence-electron chi connectivity index (χ3n) is 10.8. The third-order valence-corrected chi connectivity index (χ3v) is 12.8. The molecule has 3 saturated heterocycles. The molecule has 15 heteroatoms. The molecule has 0 spiro atoms. The number of piperazine rings is 1. The van der Waals surface area contributed by atoms with Gasteiger partial charge in [0.05, 0.1) is 18.2 Å². The van der Waals surface area contributed by atoms with Crippen LogP contribution < -0.4 is 4.74 Å². The topological polar surface area (TPSA) is 73.4 Å². The molecule has 0 bridgehead atoms. The van der Waals surface area contributed by atoms with Gasteiger partial charge in [0.1, 0.15) is 10.6 Å². The Morgan fingerprint density at radius 3 is 1.89 bits per heavy atom. The van der Waals surface area contributed by atoms with Crippen molar-refractivity contribution in [3.63, 3.8) is 0 Å². The maximum atomic E-state index is 13.8. The number of alkyl halides is 6. The van der Waals surface area contributed by atoms with E-state index in [2.05, 4.69) is 9.80 Å². The van der Waals surface area contributed by atoms with Crippen LogP contribution in [0.4, 0.5) is 26.3 Å². The highest BCUT2D eigenvalue weighted by atomic mass is 32.2. The van der Waals surface area contributed by atoms with E-state index in [1.54, 1.807) is 12.1 Å². The normalized spacial score (nSPS) is 21.8. The summed E-state index contributed by atoms with van der Waals surface area (Å²) >= 11 is 0. The quantitative estimate of drug-likeness (QED) is 0.237. The number of amides is 1. The number of hydrogen-bond donors (Lipinski definition) is 0. The first kappa shape index (κ1) is 39.0. The highest BCUT2D eigenvalue weighted by Crippen LogP contribution is 2.38. The second-order valence-corrected chi connectivity index (χ2v) is 16.1. The summed E-state index contributed by atoms with van der Waals surface area (Å²) in [5.41, 5.74) is -1.91. The van der Waals surface area contributed by atoms with E-state index in [-0.39, 0.29) is 29.6 Å². The number of halogens is 6. The molecule has 3 heterocycles. The fraction of sp³-hybridized carbons (Fsp3) is 0.500. The third kappa shape index (κ3) is 8.84. The summed E-state index contributed by atoms with van der Waals surface area (Å²) in [4.78, 5) is 20.2. The number of carbonyl (C=O) groups is 1. The largest absolute Gasteiger partial charge is 0.495 e. The van der Waals surface area contributed by atoms with E-state index < -0.39 is 51.0 Å². The van der Waals surface area contributed by atoms with Crippen molar-refractivity contribution in [3.8, 4) is 5.75 Å². The second-order valence-electron chi connectivity index (χ2n) is 14.2. The zero-order chi connectivity index (χ0) is 38.1. The smallest absolute Gasteiger partial charge is 0.416 e. The summed E-state index contributed by atoms with van der Waals surface area (Å²) < 4.78 is 116. The van der Waals surface area contributed by atoms with Crippen molar-refractivity contribution >= 4 is 15.9 Å². The van der Waals surface area contributed by atoms with Crippen LogP contribution in [0.25, 0.3) is 0 Å². The van der Waals surface area contributed by atoms with E-state index in [4.69, 9.17) is 4.74 Å². The fourth-order valence-corrected chi connectivity index (χ4v) is 9.70. The van der Waals surface area contributed by atoms with Crippen molar-refractivity contribution in [2.45, 2.75) is 74.4 Å². The Hall–Kier alpha value is -3.66. The Morgan fingerprint density at radius 1 is 0.755 bits per heavy atom. The Morgan fingerprint density at radius 2 is 1.32 bits per heavy atom. The Balaban J connectivity index is 1.11. The molecule has 3 aliphatic heterocycles. The minimum absolute atomic E-state index is 0.0399. The summed E-state index contributed by atoms with van der Waals surface area (Å²) in [6.45, 7) is 5.87. The number of methoxy groups -OCH3 is 1. The number of likely N-dealkylation sites (tertiary alicyclic amines) is 1. The fourth-order valence-electron chi connectivity index (χ4n) is 7.99. The molecule has 1 amide bonds. The van der Waals surface area contributed by atoms with Crippen LogP contribution in [-0.4, -0.2) is 104 Å². The van der Waals surface area contributed by atoms with Crippen LogP contribution in [0, 0.1) is 6.92 Å². The van der Waals surface area contributed by atoms with Crippen LogP contribution in [0.5, 0.6) is 5.75 Å². The number of nitrogens with zero attached hydrogens (tertiary/aromatic N) is 4. The zero-order valence-corrected chi connectivity index (χ0v) is 30.5. The van der Waals surface area contributed by atoms with Crippen molar-refractivity contribution in [1.82, 2.24) is 19.0 Å². The number of rotatable bonds is 8. The first-order chi connectivity index (χ1) is 25.0. The first-order valence-corrected chi connectivity index (χ1v) is 19.3. The van der Waals surface area contributed by atoms with Gasteiger partial charge in [-0.3, -0.25) is 14.6 Å². The molecule has 6 rings (SSSR count). The van der Waals surface area contributed by atoms with Crippen molar-refractivity contribution in [2.24, 2.45) is 0 Å². The molecule has 8 nitrogen and oxygen atoms in total. The molecule has 2 atom stereocenters.